The summed E-state index contributed by atoms with van der Waals surface area (Å²) in [7, 11) is -1.36. The number of hydrogen-bond donors (Lipinski definition) is 0. The maximum Gasteiger partial charge on any atom is 0.494 e. The molecule has 0 radical (unpaired) electrons. The highest BCUT2D eigenvalue weighted by atomic mass is 79.9. The largest absolute Gasteiger partial charge is 0.494 e. The van der Waals surface area contributed by atoms with E-state index in [-0.39, 0.29) is 33.6 Å². The SMILES string of the molecule is Brc1ccc2c(c1)c1c3c(ccc1n2-c1ccccc1)ccn3-c1ccccc1.CC1(C)OB(B2OC(C)(C)C(C)(C)O2)OC1(C)C.CC1(C)OB(c2ccc3c(c2)c2c4c(ccc2n3-c2ccccc2)ccn4-c2ccccc2)OC1(C)C. The lowest BCUT2D eigenvalue weighted by Gasteiger charge is -2.32. The van der Waals surface area contributed by atoms with E-state index in [9.17, 15) is 0 Å². The summed E-state index contributed by atoms with van der Waals surface area (Å²) in [5.41, 5.74) is 10.7. The zero-order valence-electron chi connectivity index (χ0n) is 50.0. The highest BCUT2D eigenvalue weighted by molar-refractivity contribution is 9.10. The van der Waals surface area contributed by atoms with Crippen LogP contribution in [0.2, 0.25) is 0 Å². The van der Waals surface area contributed by atoms with Crippen molar-refractivity contribution in [3.05, 3.63) is 211 Å². The number of halogens is 1. The summed E-state index contributed by atoms with van der Waals surface area (Å²) >= 11 is 3.69. The average molecular weight is 1180 g/mol. The van der Waals surface area contributed by atoms with E-state index in [1.54, 1.807) is 0 Å². The molecule has 0 N–H and O–H groups in total. The number of nitrogens with zero attached hydrogens (tertiary/aromatic N) is 4. The molecule has 10 nitrogen and oxygen atoms in total. The van der Waals surface area contributed by atoms with Gasteiger partial charge in [-0.2, -0.15) is 0 Å². The number of hydrogen-bond acceptors (Lipinski definition) is 6. The van der Waals surface area contributed by atoms with Crippen LogP contribution >= 0.6 is 15.9 Å². The van der Waals surface area contributed by atoms with E-state index in [2.05, 4.69) is 268 Å². The molecule has 0 unspecified atom stereocenters. The van der Waals surface area contributed by atoms with Gasteiger partial charge in [-0.15, -0.1) is 0 Å². The summed E-state index contributed by atoms with van der Waals surface area (Å²) in [6, 6.07) is 68.8. The highest BCUT2D eigenvalue weighted by Gasteiger charge is 2.64. The molecule has 422 valence electrons. The summed E-state index contributed by atoms with van der Waals surface area (Å²) in [6.45, 7) is 24.6. The first-order valence-corrected chi connectivity index (χ1v) is 29.9. The van der Waals surface area contributed by atoms with Crippen molar-refractivity contribution in [3.8, 4) is 22.7 Å². The molecule has 84 heavy (non-hydrogen) atoms. The van der Waals surface area contributed by atoms with Gasteiger partial charge in [-0.1, -0.05) is 113 Å². The lowest BCUT2D eigenvalue weighted by Crippen LogP contribution is -2.41. The third-order valence-corrected chi connectivity index (χ3v) is 19.0. The Kier molecular flexibility index (Phi) is 13.7. The van der Waals surface area contributed by atoms with Gasteiger partial charge in [-0.25, -0.2) is 0 Å². The van der Waals surface area contributed by atoms with Crippen LogP contribution in [0.25, 0.3) is 88.2 Å². The molecule has 0 bridgehead atoms. The van der Waals surface area contributed by atoms with Gasteiger partial charge in [0.25, 0.3) is 0 Å². The van der Waals surface area contributed by atoms with Gasteiger partial charge in [0, 0.05) is 71.9 Å². The molecule has 0 aliphatic carbocycles. The third kappa shape index (κ3) is 9.46. The molecule has 0 amide bonds. The first-order chi connectivity index (χ1) is 40.0. The van der Waals surface area contributed by atoms with Gasteiger partial charge in [0.2, 0.25) is 0 Å². The van der Waals surface area contributed by atoms with Crippen molar-refractivity contribution in [2.24, 2.45) is 0 Å². The summed E-state index contributed by atoms with van der Waals surface area (Å²) in [6.07, 6.45) is 4.34. The van der Waals surface area contributed by atoms with Crippen molar-refractivity contribution in [3.63, 3.8) is 0 Å². The minimum atomic E-state index is -0.476. The summed E-state index contributed by atoms with van der Waals surface area (Å²) in [4.78, 5) is 0. The van der Waals surface area contributed by atoms with Gasteiger partial charge in [0.1, 0.15) is 0 Å². The molecule has 3 saturated heterocycles. The van der Waals surface area contributed by atoms with Crippen LogP contribution in [0.1, 0.15) is 83.1 Å². The number of rotatable bonds is 6. The number of aromatic nitrogens is 4. The van der Waals surface area contributed by atoms with Crippen molar-refractivity contribution >= 4 is 108 Å². The van der Waals surface area contributed by atoms with E-state index in [4.69, 9.17) is 27.9 Å². The normalized spacial score (nSPS) is 18.3. The van der Waals surface area contributed by atoms with Crippen LogP contribution in [0.3, 0.4) is 0 Å². The van der Waals surface area contributed by atoms with Crippen molar-refractivity contribution < 1.29 is 27.9 Å². The topological polar surface area (TPSA) is 75.1 Å². The highest BCUT2D eigenvalue weighted by Crippen LogP contribution is 2.45. The second-order valence-electron chi connectivity index (χ2n) is 25.5. The molecule has 8 aromatic carbocycles. The first-order valence-electron chi connectivity index (χ1n) is 29.1. The zero-order chi connectivity index (χ0) is 58.7. The van der Waals surface area contributed by atoms with Gasteiger partial charge in [-0.05, 0) is 186 Å². The second kappa shape index (κ2) is 20.5. The van der Waals surface area contributed by atoms with Crippen molar-refractivity contribution in [1.29, 1.82) is 0 Å². The zero-order valence-corrected chi connectivity index (χ0v) is 51.6. The van der Waals surface area contributed by atoms with E-state index in [1.165, 1.54) is 71.3 Å². The molecule has 0 saturated carbocycles. The maximum atomic E-state index is 6.43. The average Bonchev–Trinajstić information content (AvgIpc) is 1.68. The maximum absolute atomic E-state index is 6.43. The minimum absolute atomic E-state index is 0.360. The summed E-state index contributed by atoms with van der Waals surface area (Å²) in [5, 5.41) is 7.39. The van der Waals surface area contributed by atoms with E-state index >= 15 is 0 Å². The van der Waals surface area contributed by atoms with E-state index in [0.717, 1.165) is 26.8 Å². The van der Waals surface area contributed by atoms with Gasteiger partial charge in [0.05, 0.1) is 66.7 Å². The van der Waals surface area contributed by atoms with Crippen LogP contribution in [0.5, 0.6) is 0 Å². The molecule has 12 aromatic rings. The lowest BCUT2D eigenvalue weighted by molar-refractivity contribution is 0.00578. The molecule has 0 atom stereocenters. The Labute approximate surface area is 501 Å². The molecule has 15 rings (SSSR count). The Hall–Kier alpha value is -7.13. The van der Waals surface area contributed by atoms with Crippen LogP contribution < -0.4 is 5.46 Å². The lowest BCUT2D eigenvalue weighted by atomic mass is 9.49. The predicted octanol–water partition coefficient (Wildman–Crippen LogP) is 16.8. The van der Waals surface area contributed by atoms with Crippen molar-refractivity contribution in [1.82, 2.24) is 18.3 Å². The van der Waals surface area contributed by atoms with Crippen LogP contribution in [0.15, 0.2) is 211 Å². The molecule has 7 heterocycles. The van der Waals surface area contributed by atoms with Crippen LogP contribution in [-0.2, 0) is 27.9 Å². The Bertz CT molecular complexity index is 4360. The van der Waals surface area contributed by atoms with E-state index in [0.29, 0.717) is 0 Å². The van der Waals surface area contributed by atoms with E-state index in [1.807, 2.05) is 55.4 Å². The predicted molar refractivity (Wildman–Crippen MR) is 351 cm³/mol. The fraction of sp³-hybridized carbons (Fsp3) is 0.257. The molecular formula is C70H70B3BrN4O6. The fourth-order valence-corrected chi connectivity index (χ4v) is 12.3. The Morgan fingerprint density at radius 3 is 1.06 bits per heavy atom. The first kappa shape index (κ1) is 56.0. The monoisotopic (exact) mass is 1170 g/mol. The molecular weight excluding hydrogens is 1110 g/mol. The van der Waals surface area contributed by atoms with Gasteiger partial charge >= 0.3 is 21.1 Å². The second-order valence-corrected chi connectivity index (χ2v) is 26.4. The molecule has 4 aromatic heterocycles. The fourth-order valence-electron chi connectivity index (χ4n) is 11.9. The molecule has 0 spiro atoms. The van der Waals surface area contributed by atoms with Crippen LogP contribution in [0.4, 0.5) is 0 Å². The van der Waals surface area contributed by atoms with E-state index < -0.39 is 21.1 Å². The van der Waals surface area contributed by atoms with Gasteiger partial charge < -0.3 is 46.2 Å². The Morgan fingerprint density at radius 2 is 0.667 bits per heavy atom. The summed E-state index contributed by atoms with van der Waals surface area (Å²) in [5.74, 6) is 0. The molecule has 3 aliphatic heterocycles. The summed E-state index contributed by atoms with van der Waals surface area (Å²) < 4.78 is 47.1. The smallest absolute Gasteiger partial charge is 0.405 e. The van der Waals surface area contributed by atoms with Crippen molar-refractivity contribution in [2.75, 3.05) is 0 Å². The third-order valence-electron chi connectivity index (χ3n) is 18.5. The molecule has 3 aliphatic rings. The van der Waals surface area contributed by atoms with Crippen LogP contribution in [0, 0.1) is 0 Å². The quantitative estimate of drug-likeness (QED) is 0.154. The van der Waals surface area contributed by atoms with Crippen molar-refractivity contribution in [2.45, 2.75) is 117 Å². The molecule has 14 heteroatoms. The number of benzene rings is 8. The minimum Gasteiger partial charge on any atom is -0.405 e. The van der Waals surface area contributed by atoms with Gasteiger partial charge in [0.15, 0.2) is 0 Å². The Morgan fingerprint density at radius 1 is 0.333 bits per heavy atom. The Balaban J connectivity index is 0.000000125. The number of para-hydroxylation sites is 4. The van der Waals surface area contributed by atoms with Crippen LogP contribution in [-0.4, -0.2) is 73.0 Å². The van der Waals surface area contributed by atoms with Gasteiger partial charge in [-0.3, -0.25) is 0 Å². The standard InChI is InChI=1S/C32H29BN2O2.C26H17BrN2.C12H24B2O4/c1-31(2)32(3,4)37-33(36-31)23-16-18-27-26(21-23)29-28(35(27)25-13-9-6-10-14-25)17-15-22-19-20-34(30(22)29)24-11-7-5-8-12-24;27-19-12-14-23-22(17-19)25-24(29(23)21-9-5-2-6-10-21)13-11-18-15-16-28(26(18)25)20-7-3-1-4-8-20;1-9(2)10(3,4)16-13(15-9)14-17-11(5,6)12(7,8)18-14/h5-21H,1-4H3;1-17H;1-8H3. The molecule has 3 fully saturated rings. The number of fused-ring (bicyclic) bond motifs is 10.